The lowest BCUT2D eigenvalue weighted by Gasteiger charge is -2.40. The molecule has 24 heavy (non-hydrogen) atoms. The second kappa shape index (κ2) is 7.27. The molecule has 0 amide bonds. The van der Waals surface area contributed by atoms with Crippen molar-refractivity contribution in [2.45, 2.75) is 51.4 Å². The van der Waals surface area contributed by atoms with Gasteiger partial charge in [-0.3, -0.25) is 19.5 Å². The first-order valence-electron chi connectivity index (χ1n) is 8.06. The zero-order valence-corrected chi connectivity index (χ0v) is 14.3. The molecule has 0 bridgehead atoms. The Labute approximate surface area is 141 Å². The van der Waals surface area contributed by atoms with Crippen LogP contribution < -0.4 is 5.73 Å². The van der Waals surface area contributed by atoms with Gasteiger partial charge >= 0.3 is 11.9 Å². The summed E-state index contributed by atoms with van der Waals surface area (Å²) < 4.78 is 5.42. The van der Waals surface area contributed by atoms with E-state index in [-0.39, 0.29) is 11.9 Å². The zero-order valence-electron chi connectivity index (χ0n) is 14.3. The molecule has 3 N–H and O–H groups in total. The molecule has 1 saturated heterocycles. The van der Waals surface area contributed by atoms with Gasteiger partial charge < -0.3 is 15.6 Å². The average Bonchev–Trinajstić information content (AvgIpc) is 2.48. The van der Waals surface area contributed by atoms with Crippen molar-refractivity contribution in [2.24, 2.45) is 11.7 Å². The third-order valence-electron chi connectivity index (χ3n) is 4.02. The smallest absolute Gasteiger partial charge is 0.325 e. The Hall–Kier alpha value is -1.99. The highest BCUT2D eigenvalue weighted by Gasteiger charge is 2.38. The molecule has 2 heterocycles. The fourth-order valence-electron chi connectivity index (χ4n) is 2.96. The first-order chi connectivity index (χ1) is 11.2. The van der Waals surface area contributed by atoms with Gasteiger partial charge in [0.15, 0.2) is 0 Å². The van der Waals surface area contributed by atoms with Gasteiger partial charge in [0.2, 0.25) is 0 Å². The predicted molar refractivity (Wildman–Crippen MR) is 87.9 cm³/mol. The van der Waals surface area contributed by atoms with Crippen LogP contribution in [0.5, 0.6) is 0 Å². The monoisotopic (exact) mass is 335 g/mol. The number of rotatable bonds is 4. The highest BCUT2D eigenvalue weighted by molar-refractivity contribution is 5.76. The van der Waals surface area contributed by atoms with Crippen LogP contribution in [0, 0.1) is 5.92 Å². The number of nitrogens with zero attached hydrogens (tertiary/aromatic N) is 2. The van der Waals surface area contributed by atoms with Crippen molar-refractivity contribution in [3.8, 4) is 0 Å². The van der Waals surface area contributed by atoms with Gasteiger partial charge in [-0.15, -0.1) is 0 Å². The Morgan fingerprint density at radius 3 is 2.50 bits per heavy atom. The minimum absolute atomic E-state index is 0.270. The largest absolute Gasteiger partial charge is 0.480 e. The summed E-state index contributed by atoms with van der Waals surface area (Å²) in [5.41, 5.74) is 6.27. The number of nitrogens with two attached hydrogens (primary N) is 1. The summed E-state index contributed by atoms with van der Waals surface area (Å²) in [5, 5.41) is 9.62. The van der Waals surface area contributed by atoms with Crippen LogP contribution >= 0.6 is 0 Å². The fourth-order valence-corrected chi connectivity index (χ4v) is 2.96. The van der Waals surface area contributed by atoms with Crippen LogP contribution in [0.4, 0.5) is 0 Å². The van der Waals surface area contributed by atoms with Crippen molar-refractivity contribution >= 4 is 11.9 Å². The average molecular weight is 335 g/mol. The van der Waals surface area contributed by atoms with Crippen LogP contribution in [0.2, 0.25) is 0 Å². The molecule has 1 fully saturated rings. The number of carbonyl (C=O) groups excluding carboxylic acids is 1. The predicted octanol–water partition coefficient (Wildman–Crippen LogP) is 1.55. The number of carboxylic acids is 1. The van der Waals surface area contributed by atoms with Gasteiger partial charge in [-0.25, -0.2) is 0 Å². The van der Waals surface area contributed by atoms with Crippen LogP contribution in [0.3, 0.4) is 0 Å². The van der Waals surface area contributed by atoms with E-state index in [2.05, 4.69) is 4.98 Å². The lowest BCUT2D eigenvalue weighted by atomic mass is 9.92. The van der Waals surface area contributed by atoms with Gasteiger partial charge in [0, 0.05) is 18.9 Å². The maximum Gasteiger partial charge on any atom is 0.325 e. The molecule has 1 aliphatic heterocycles. The van der Waals surface area contributed by atoms with Crippen LogP contribution in [0.25, 0.3) is 0 Å². The number of pyridine rings is 1. The van der Waals surface area contributed by atoms with E-state index in [9.17, 15) is 14.7 Å². The molecule has 0 spiro atoms. The van der Waals surface area contributed by atoms with Gasteiger partial charge in [-0.2, -0.15) is 0 Å². The number of piperidine rings is 1. The summed E-state index contributed by atoms with van der Waals surface area (Å²) in [6.45, 7) is 5.89. The molecule has 1 aliphatic rings. The highest BCUT2D eigenvalue weighted by Crippen LogP contribution is 2.30. The minimum Gasteiger partial charge on any atom is -0.480 e. The third kappa shape index (κ3) is 4.52. The summed E-state index contributed by atoms with van der Waals surface area (Å²) in [6, 6.07) is 2.50. The maximum atomic E-state index is 12.2. The molecule has 0 aromatic carbocycles. The summed E-state index contributed by atoms with van der Waals surface area (Å²) in [4.78, 5) is 29.6. The number of aliphatic carboxylic acids is 1. The molecule has 1 aromatic heterocycles. The molecular weight excluding hydrogens is 310 g/mol. The quantitative estimate of drug-likeness (QED) is 0.804. The van der Waals surface area contributed by atoms with E-state index >= 15 is 0 Å². The van der Waals surface area contributed by atoms with Crippen molar-refractivity contribution in [2.75, 3.05) is 6.54 Å². The van der Waals surface area contributed by atoms with E-state index in [1.165, 1.54) is 0 Å². The molecule has 0 aliphatic carbocycles. The van der Waals surface area contributed by atoms with Crippen LogP contribution in [0.1, 0.15) is 45.2 Å². The number of carbonyl (C=O) groups is 2. The van der Waals surface area contributed by atoms with Crippen LogP contribution in [-0.4, -0.2) is 45.2 Å². The number of hydrogen-bond acceptors (Lipinski definition) is 6. The van der Waals surface area contributed by atoms with Crippen molar-refractivity contribution < 1.29 is 19.4 Å². The molecular formula is C17H25N3O4. The van der Waals surface area contributed by atoms with Gasteiger partial charge in [0.05, 0.1) is 12.1 Å². The summed E-state index contributed by atoms with van der Waals surface area (Å²) in [5.74, 6) is -1.54. The Bertz CT molecular complexity index is 585. The van der Waals surface area contributed by atoms with Gasteiger partial charge in [-0.05, 0) is 51.3 Å². The molecule has 7 heteroatoms. The van der Waals surface area contributed by atoms with E-state index in [1.807, 2.05) is 20.8 Å². The normalized spacial score (nSPS) is 23.5. The first kappa shape index (κ1) is 18.4. The topological polar surface area (TPSA) is 106 Å². The van der Waals surface area contributed by atoms with Gasteiger partial charge in [0.1, 0.15) is 11.6 Å². The molecule has 0 saturated carbocycles. The number of aromatic nitrogens is 1. The first-order valence-corrected chi connectivity index (χ1v) is 8.06. The second-order valence-corrected chi connectivity index (χ2v) is 7.08. The van der Waals surface area contributed by atoms with Gasteiger partial charge in [-0.1, -0.05) is 0 Å². The lowest BCUT2D eigenvalue weighted by Crippen LogP contribution is -2.52. The maximum absolute atomic E-state index is 12.2. The molecule has 7 nitrogen and oxygen atoms in total. The number of hydrogen-bond donors (Lipinski definition) is 2. The van der Waals surface area contributed by atoms with E-state index in [1.54, 1.807) is 29.4 Å². The standard InChI is InChI=1S/C17H25N3O4/c1-17(2,3)24-16(23)12-6-9-20(13(18)10-12)14(15(21)22)11-4-7-19-8-5-11/h4-5,7-8,12-14H,6,9-10,18H2,1-3H3,(H,21,22)/t12-,13-,14-/m0/s1. The minimum atomic E-state index is -0.965. The molecule has 2 rings (SSSR count). The second-order valence-electron chi connectivity index (χ2n) is 7.08. The molecule has 0 radical (unpaired) electrons. The number of esters is 1. The number of carboxylic acid groups (broad SMARTS) is 1. The number of ether oxygens (including phenoxy) is 1. The Morgan fingerprint density at radius 2 is 2.00 bits per heavy atom. The van der Waals surface area contributed by atoms with E-state index < -0.39 is 23.8 Å². The summed E-state index contributed by atoms with van der Waals surface area (Å²) in [6.07, 6.45) is 3.50. The van der Waals surface area contributed by atoms with Crippen LogP contribution in [0.15, 0.2) is 24.5 Å². The van der Waals surface area contributed by atoms with Crippen LogP contribution in [-0.2, 0) is 14.3 Å². The highest BCUT2D eigenvalue weighted by atomic mass is 16.6. The van der Waals surface area contributed by atoms with E-state index in [4.69, 9.17) is 10.5 Å². The molecule has 3 atom stereocenters. The summed E-state index contributed by atoms with van der Waals surface area (Å²) in [7, 11) is 0. The van der Waals surface area contributed by atoms with Crippen molar-refractivity contribution in [1.82, 2.24) is 9.88 Å². The molecule has 132 valence electrons. The Kier molecular flexibility index (Phi) is 5.56. The van der Waals surface area contributed by atoms with Crippen molar-refractivity contribution in [1.29, 1.82) is 0 Å². The Morgan fingerprint density at radius 1 is 1.38 bits per heavy atom. The van der Waals surface area contributed by atoms with Crippen molar-refractivity contribution in [3.05, 3.63) is 30.1 Å². The number of likely N-dealkylation sites (tertiary alicyclic amines) is 1. The lowest BCUT2D eigenvalue weighted by molar-refractivity contribution is -0.163. The Balaban J connectivity index is 2.09. The zero-order chi connectivity index (χ0) is 17.9. The van der Waals surface area contributed by atoms with E-state index in [0.717, 1.165) is 0 Å². The van der Waals surface area contributed by atoms with Gasteiger partial charge in [0.25, 0.3) is 0 Å². The SMILES string of the molecule is CC(C)(C)OC(=O)[C@H]1CCN([C@H](C(=O)O)c2ccncc2)[C@H](N)C1. The molecule has 1 aromatic rings. The summed E-state index contributed by atoms with van der Waals surface area (Å²) >= 11 is 0. The molecule has 0 unspecified atom stereocenters. The fraction of sp³-hybridized carbons (Fsp3) is 0.588. The third-order valence-corrected chi connectivity index (χ3v) is 4.02. The van der Waals surface area contributed by atoms with E-state index in [0.29, 0.717) is 24.9 Å². The van der Waals surface area contributed by atoms with Crippen molar-refractivity contribution in [3.63, 3.8) is 0 Å².